The van der Waals surface area contributed by atoms with Crippen LogP contribution in [0.2, 0.25) is 0 Å². The van der Waals surface area contributed by atoms with Crippen LogP contribution >= 0.6 is 15.9 Å². The van der Waals surface area contributed by atoms with E-state index in [0.717, 1.165) is 4.47 Å². The van der Waals surface area contributed by atoms with Crippen LogP contribution in [-0.2, 0) is 9.53 Å². The first-order valence-corrected chi connectivity index (χ1v) is 5.78. The molecule has 0 aliphatic rings. The molecule has 1 rings (SSSR count). The van der Waals surface area contributed by atoms with Crippen LogP contribution in [0, 0.1) is 5.82 Å². The molecule has 0 aromatic heterocycles. The SMILES string of the molecule is COC(=O)/C(C)=C/CNc1cc(F)ccc1Br. The number of benzene rings is 1. The Bertz CT molecular complexity index is 446. The molecule has 5 heteroatoms. The van der Waals surface area contributed by atoms with E-state index in [9.17, 15) is 9.18 Å². The van der Waals surface area contributed by atoms with Gasteiger partial charge in [0.15, 0.2) is 0 Å². The normalized spacial score (nSPS) is 11.2. The average molecular weight is 302 g/mol. The summed E-state index contributed by atoms with van der Waals surface area (Å²) in [6, 6.07) is 4.37. The summed E-state index contributed by atoms with van der Waals surface area (Å²) in [7, 11) is 1.33. The summed E-state index contributed by atoms with van der Waals surface area (Å²) in [4.78, 5) is 11.1. The predicted octanol–water partition coefficient (Wildman–Crippen LogP) is 3.12. The van der Waals surface area contributed by atoms with E-state index < -0.39 is 0 Å². The van der Waals surface area contributed by atoms with E-state index in [2.05, 4.69) is 26.0 Å². The van der Waals surface area contributed by atoms with Crippen LogP contribution in [0.4, 0.5) is 10.1 Å². The number of hydrogen-bond donors (Lipinski definition) is 1. The van der Waals surface area contributed by atoms with Gasteiger partial charge in [-0.1, -0.05) is 6.08 Å². The first kappa shape index (κ1) is 13.7. The van der Waals surface area contributed by atoms with Crippen LogP contribution in [0.1, 0.15) is 6.92 Å². The van der Waals surface area contributed by atoms with Gasteiger partial charge in [-0.15, -0.1) is 0 Å². The van der Waals surface area contributed by atoms with Crippen molar-refractivity contribution in [1.29, 1.82) is 0 Å². The predicted molar refractivity (Wildman–Crippen MR) is 68.4 cm³/mol. The highest BCUT2D eigenvalue weighted by atomic mass is 79.9. The van der Waals surface area contributed by atoms with Crippen LogP contribution in [0.5, 0.6) is 0 Å². The largest absolute Gasteiger partial charge is 0.466 e. The van der Waals surface area contributed by atoms with Gasteiger partial charge in [-0.05, 0) is 41.1 Å². The highest BCUT2D eigenvalue weighted by molar-refractivity contribution is 9.10. The Balaban J connectivity index is 2.62. The summed E-state index contributed by atoms with van der Waals surface area (Å²) in [6.45, 7) is 2.08. The van der Waals surface area contributed by atoms with Crippen LogP contribution in [0.3, 0.4) is 0 Å². The minimum absolute atomic E-state index is 0.315. The van der Waals surface area contributed by atoms with Gasteiger partial charge in [-0.2, -0.15) is 0 Å². The van der Waals surface area contributed by atoms with Crippen molar-refractivity contribution in [1.82, 2.24) is 0 Å². The lowest BCUT2D eigenvalue weighted by Crippen LogP contribution is -2.05. The van der Waals surface area contributed by atoms with E-state index in [-0.39, 0.29) is 11.8 Å². The maximum atomic E-state index is 13.0. The zero-order valence-corrected chi connectivity index (χ0v) is 11.2. The zero-order valence-electron chi connectivity index (χ0n) is 9.59. The highest BCUT2D eigenvalue weighted by Gasteiger charge is 2.03. The number of rotatable bonds is 4. The van der Waals surface area contributed by atoms with Gasteiger partial charge in [-0.25, -0.2) is 9.18 Å². The second-order valence-corrected chi connectivity index (χ2v) is 4.24. The molecule has 1 aromatic carbocycles. The lowest BCUT2D eigenvalue weighted by molar-refractivity contribution is -0.136. The third kappa shape index (κ3) is 4.19. The molecule has 0 saturated heterocycles. The Morgan fingerprint density at radius 2 is 2.29 bits per heavy atom. The van der Waals surface area contributed by atoms with Crippen LogP contribution in [0.15, 0.2) is 34.3 Å². The number of nitrogens with one attached hydrogen (secondary N) is 1. The lowest BCUT2D eigenvalue weighted by atomic mass is 10.2. The molecule has 0 heterocycles. The Kier molecular flexibility index (Phi) is 5.15. The Morgan fingerprint density at radius 1 is 1.59 bits per heavy atom. The highest BCUT2D eigenvalue weighted by Crippen LogP contribution is 2.22. The summed E-state index contributed by atoms with van der Waals surface area (Å²) in [5, 5.41) is 2.99. The van der Waals surface area contributed by atoms with Gasteiger partial charge in [0.05, 0.1) is 12.8 Å². The molecule has 0 spiro atoms. The smallest absolute Gasteiger partial charge is 0.333 e. The summed E-state index contributed by atoms with van der Waals surface area (Å²) in [5.41, 5.74) is 1.14. The molecule has 0 amide bonds. The van der Waals surface area contributed by atoms with E-state index in [1.54, 1.807) is 19.1 Å². The molecule has 0 aliphatic carbocycles. The zero-order chi connectivity index (χ0) is 12.8. The molecule has 0 fully saturated rings. The molecule has 0 bridgehead atoms. The third-order valence-electron chi connectivity index (χ3n) is 2.14. The second kappa shape index (κ2) is 6.39. The fraction of sp³-hybridized carbons (Fsp3) is 0.250. The summed E-state index contributed by atoms with van der Waals surface area (Å²) in [5.74, 6) is -0.686. The van der Waals surface area contributed by atoms with E-state index in [1.807, 2.05) is 0 Å². The Hall–Kier alpha value is -1.36. The van der Waals surface area contributed by atoms with E-state index in [0.29, 0.717) is 17.8 Å². The van der Waals surface area contributed by atoms with Gasteiger partial charge in [0.2, 0.25) is 0 Å². The van der Waals surface area contributed by atoms with E-state index in [1.165, 1.54) is 19.2 Å². The van der Waals surface area contributed by atoms with Crippen molar-refractivity contribution in [2.75, 3.05) is 19.0 Å². The molecule has 1 N–H and O–H groups in total. The number of ether oxygens (including phenoxy) is 1. The van der Waals surface area contributed by atoms with Crippen molar-refractivity contribution in [2.45, 2.75) is 6.92 Å². The summed E-state index contributed by atoms with van der Waals surface area (Å²) in [6.07, 6.45) is 1.68. The quantitative estimate of drug-likeness (QED) is 0.686. The summed E-state index contributed by atoms with van der Waals surface area (Å²) < 4.78 is 18.3. The van der Waals surface area contributed by atoms with Crippen molar-refractivity contribution < 1.29 is 13.9 Å². The van der Waals surface area contributed by atoms with Gasteiger partial charge in [0.1, 0.15) is 5.82 Å². The van der Waals surface area contributed by atoms with E-state index in [4.69, 9.17) is 0 Å². The van der Waals surface area contributed by atoms with Gasteiger partial charge in [-0.3, -0.25) is 0 Å². The third-order valence-corrected chi connectivity index (χ3v) is 2.83. The van der Waals surface area contributed by atoms with Gasteiger partial charge in [0, 0.05) is 16.6 Å². The minimum Gasteiger partial charge on any atom is -0.466 e. The number of hydrogen-bond acceptors (Lipinski definition) is 3. The molecule has 0 radical (unpaired) electrons. The van der Waals surface area contributed by atoms with E-state index >= 15 is 0 Å². The fourth-order valence-corrected chi connectivity index (χ4v) is 1.58. The first-order valence-electron chi connectivity index (χ1n) is 4.98. The molecule has 3 nitrogen and oxygen atoms in total. The number of carbonyl (C=O) groups is 1. The molecule has 0 aliphatic heterocycles. The molecule has 0 atom stereocenters. The lowest BCUT2D eigenvalue weighted by Gasteiger charge is -2.06. The van der Waals surface area contributed by atoms with Crippen LogP contribution in [-0.4, -0.2) is 19.6 Å². The number of esters is 1. The number of methoxy groups -OCH3 is 1. The van der Waals surface area contributed by atoms with Gasteiger partial charge < -0.3 is 10.1 Å². The minimum atomic E-state index is -0.370. The molecule has 92 valence electrons. The molecular weight excluding hydrogens is 289 g/mol. The molecule has 0 saturated carbocycles. The second-order valence-electron chi connectivity index (χ2n) is 3.38. The van der Waals surface area contributed by atoms with Crippen molar-refractivity contribution in [2.24, 2.45) is 0 Å². The van der Waals surface area contributed by atoms with Crippen molar-refractivity contribution >= 4 is 27.6 Å². The number of anilines is 1. The van der Waals surface area contributed by atoms with Crippen molar-refractivity contribution in [3.8, 4) is 0 Å². The molecule has 0 unspecified atom stereocenters. The molecular formula is C12H13BrFNO2. The molecule has 17 heavy (non-hydrogen) atoms. The average Bonchev–Trinajstić information content (AvgIpc) is 2.32. The van der Waals surface area contributed by atoms with Crippen molar-refractivity contribution in [3.05, 3.63) is 40.1 Å². The Labute approximate surface area is 108 Å². The topological polar surface area (TPSA) is 38.3 Å². The first-order chi connectivity index (χ1) is 8.04. The van der Waals surface area contributed by atoms with Crippen LogP contribution < -0.4 is 5.32 Å². The molecule has 1 aromatic rings. The maximum absolute atomic E-state index is 13.0. The number of halogens is 2. The monoisotopic (exact) mass is 301 g/mol. The summed E-state index contributed by atoms with van der Waals surface area (Å²) >= 11 is 3.30. The fourth-order valence-electron chi connectivity index (χ4n) is 1.19. The van der Waals surface area contributed by atoms with Gasteiger partial charge >= 0.3 is 5.97 Å². The standard InChI is InChI=1S/C12H13BrFNO2/c1-8(12(16)17-2)5-6-15-11-7-9(14)3-4-10(11)13/h3-5,7,15H,6H2,1-2H3/b8-5+. The van der Waals surface area contributed by atoms with Gasteiger partial charge in [0.25, 0.3) is 0 Å². The number of carbonyl (C=O) groups excluding carboxylic acids is 1. The van der Waals surface area contributed by atoms with Crippen LogP contribution in [0.25, 0.3) is 0 Å². The van der Waals surface area contributed by atoms with Crippen molar-refractivity contribution in [3.63, 3.8) is 0 Å². The maximum Gasteiger partial charge on any atom is 0.333 e. The Morgan fingerprint density at radius 3 is 2.94 bits per heavy atom.